The number of fused-ring (bicyclic) bond motifs is 1. The number of hydrogen-bond donors (Lipinski definition) is 1. The van der Waals surface area contributed by atoms with E-state index in [2.05, 4.69) is 11.8 Å². The standard InChI is InChI=1S/C21H17NO2/c1-2-24-21(23)20-18-13-11-16(10-12-17(18)14-19(20)22)9-8-15-6-4-3-5-7-15/h3-7,10-14H,2,22H2,1H3. The number of esters is 1. The van der Waals surface area contributed by atoms with Gasteiger partial charge in [-0.1, -0.05) is 42.2 Å². The van der Waals surface area contributed by atoms with Crippen molar-refractivity contribution in [3.05, 3.63) is 77.4 Å². The number of nitrogens with two attached hydrogens (primary N) is 1. The molecule has 0 fully saturated rings. The summed E-state index contributed by atoms with van der Waals surface area (Å²) in [6.07, 6.45) is 0. The lowest BCUT2D eigenvalue weighted by molar-refractivity contribution is 0.0529. The number of hydrogen-bond acceptors (Lipinski definition) is 3. The molecule has 3 rings (SSSR count). The third-order valence-corrected chi connectivity index (χ3v) is 3.66. The highest BCUT2D eigenvalue weighted by atomic mass is 16.5. The van der Waals surface area contributed by atoms with E-state index in [0.717, 1.165) is 22.3 Å². The van der Waals surface area contributed by atoms with Crippen molar-refractivity contribution in [1.82, 2.24) is 0 Å². The molecule has 0 unspecified atom stereocenters. The highest BCUT2D eigenvalue weighted by molar-refractivity contribution is 6.05. The van der Waals surface area contributed by atoms with E-state index >= 15 is 0 Å². The van der Waals surface area contributed by atoms with Gasteiger partial charge in [-0.25, -0.2) is 4.79 Å². The Balaban J connectivity index is 2.00. The first-order valence-corrected chi connectivity index (χ1v) is 7.75. The zero-order chi connectivity index (χ0) is 16.9. The first-order chi connectivity index (χ1) is 11.7. The van der Waals surface area contributed by atoms with Gasteiger partial charge in [0.15, 0.2) is 0 Å². The van der Waals surface area contributed by atoms with E-state index in [0.29, 0.717) is 17.9 Å². The molecule has 1 aromatic carbocycles. The molecular formula is C21H17NO2. The number of benzene rings is 1. The fourth-order valence-corrected chi connectivity index (χ4v) is 2.52. The second-order valence-electron chi connectivity index (χ2n) is 5.30. The smallest absolute Gasteiger partial charge is 0.340 e. The van der Waals surface area contributed by atoms with Crippen molar-refractivity contribution >= 4 is 11.7 Å². The van der Waals surface area contributed by atoms with Crippen LogP contribution in [0.1, 0.15) is 28.4 Å². The van der Waals surface area contributed by atoms with Crippen molar-refractivity contribution in [3.8, 4) is 23.0 Å². The van der Waals surface area contributed by atoms with Crippen LogP contribution in [0.5, 0.6) is 0 Å². The van der Waals surface area contributed by atoms with Crippen molar-refractivity contribution in [2.45, 2.75) is 6.92 Å². The van der Waals surface area contributed by atoms with Crippen LogP contribution in [0.4, 0.5) is 5.69 Å². The minimum absolute atomic E-state index is 0.317. The van der Waals surface area contributed by atoms with E-state index < -0.39 is 5.97 Å². The van der Waals surface area contributed by atoms with Crippen LogP contribution in [-0.2, 0) is 4.74 Å². The van der Waals surface area contributed by atoms with Gasteiger partial charge in [0.05, 0.1) is 12.2 Å². The zero-order valence-electron chi connectivity index (χ0n) is 13.4. The number of rotatable bonds is 2. The summed E-state index contributed by atoms with van der Waals surface area (Å²) in [6, 6.07) is 19.2. The van der Waals surface area contributed by atoms with Gasteiger partial charge in [0.2, 0.25) is 0 Å². The molecule has 2 aliphatic rings. The number of carbonyl (C=O) groups is 1. The molecule has 0 amide bonds. The van der Waals surface area contributed by atoms with Crippen LogP contribution in [0, 0.1) is 11.8 Å². The molecule has 0 spiro atoms. The maximum Gasteiger partial charge on any atom is 0.340 e. The highest BCUT2D eigenvalue weighted by Gasteiger charge is 2.20. The predicted octanol–water partition coefficient (Wildman–Crippen LogP) is 3.95. The molecule has 2 N–H and O–H groups in total. The third-order valence-electron chi connectivity index (χ3n) is 3.66. The Kier molecular flexibility index (Phi) is 4.49. The first kappa shape index (κ1) is 15.6. The van der Waals surface area contributed by atoms with Gasteiger partial charge < -0.3 is 10.5 Å². The molecule has 1 aromatic rings. The van der Waals surface area contributed by atoms with Crippen LogP contribution < -0.4 is 5.73 Å². The number of ether oxygens (including phenoxy) is 1. The summed E-state index contributed by atoms with van der Waals surface area (Å²) in [4.78, 5) is 12.1. The van der Waals surface area contributed by atoms with Crippen LogP contribution in [-0.4, -0.2) is 12.6 Å². The Labute approximate surface area is 141 Å². The Hall–Kier alpha value is -3.25. The molecule has 2 aliphatic carbocycles. The molecule has 0 heterocycles. The summed E-state index contributed by atoms with van der Waals surface area (Å²) >= 11 is 0. The van der Waals surface area contributed by atoms with Crippen LogP contribution in [0.2, 0.25) is 0 Å². The van der Waals surface area contributed by atoms with E-state index in [1.807, 2.05) is 54.6 Å². The quantitative estimate of drug-likeness (QED) is 0.575. The third kappa shape index (κ3) is 3.23. The van der Waals surface area contributed by atoms with Crippen LogP contribution in [0.3, 0.4) is 0 Å². The topological polar surface area (TPSA) is 52.3 Å². The zero-order valence-corrected chi connectivity index (χ0v) is 13.4. The van der Waals surface area contributed by atoms with Crippen molar-refractivity contribution in [2.24, 2.45) is 0 Å². The molecule has 3 nitrogen and oxygen atoms in total. The molecule has 0 radical (unpaired) electrons. The average molecular weight is 315 g/mol. The van der Waals surface area contributed by atoms with Crippen molar-refractivity contribution in [1.29, 1.82) is 0 Å². The number of anilines is 1. The van der Waals surface area contributed by atoms with Crippen molar-refractivity contribution in [2.75, 3.05) is 12.3 Å². The summed E-state index contributed by atoms with van der Waals surface area (Å²) in [5, 5.41) is 0. The Morgan fingerprint density at radius 2 is 1.67 bits per heavy atom. The largest absolute Gasteiger partial charge is 0.462 e. The second-order valence-corrected chi connectivity index (χ2v) is 5.30. The predicted molar refractivity (Wildman–Crippen MR) is 95.9 cm³/mol. The molecule has 24 heavy (non-hydrogen) atoms. The fourth-order valence-electron chi connectivity index (χ4n) is 2.52. The van der Waals surface area contributed by atoms with Gasteiger partial charge in [0.25, 0.3) is 0 Å². The van der Waals surface area contributed by atoms with Crippen LogP contribution >= 0.6 is 0 Å². The van der Waals surface area contributed by atoms with E-state index in [9.17, 15) is 4.79 Å². The molecule has 0 bridgehead atoms. The minimum Gasteiger partial charge on any atom is -0.462 e. The summed E-state index contributed by atoms with van der Waals surface area (Å²) in [5.41, 5.74) is 10.3. The van der Waals surface area contributed by atoms with Crippen molar-refractivity contribution in [3.63, 3.8) is 0 Å². The molecule has 118 valence electrons. The summed E-state index contributed by atoms with van der Waals surface area (Å²) in [6.45, 7) is 2.09. The van der Waals surface area contributed by atoms with Gasteiger partial charge in [-0.05, 0) is 48.4 Å². The van der Waals surface area contributed by atoms with E-state index in [4.69, 9.17) is 10.5 Å². The monoisotopic (exact) mass is 315 g/mol. The number of nitrogen functional groups attached to an aromatic ring is 1. The summed E-state index contributed by atoms with van der Waals surface area (Å²) in [7, 11) is 0. The van der Waals surface area contributed by atoms with Gasteiger partial charge in [-0.15, -0.1) is 0 Å². The van der Waals surface area contributed by atoms with E-state index in [1.165, 1.54) is 0 Å². The lowest BCUT2D eigenvalue weighted by Crippen LogP contribution is -2.06. The summed E-state index contributed by atoms with van der Waals surface area (Å²) in [5.74, 6) is 5.87. The lowest BCUT2D eigenvalue weighted by Gasteiger charge is -2.02. The van der Waals surface area contributed by atoms with Crippen LogP contribution in [0.15, 0.2) is 60.7 Å². The van der Waals surface area contributed by atoms with Gasteiger partial charge in [-0.2, -0.15) is 0 Å². The molecule has 3 heteroatoms. The number of carbonyl (C=O) groups excluding carboxylic acids is 1. The fraction of sp³-hybridized carbons (Fsp3) is 0.0952. The first-order valence-electron chi connectivity index (χ1n) is 7.75. The second kappa shape index (κ2) is 6.89. The molecule has 0 aliphatic heterocycles. The van der Waals surface area contributed by atoms with Gasteiger partial charge in [0, 0.05) is 16.8 Å². The maximum atomic E-state index is 12.1. The maximum absolute atomic E-state index is 12.1. The SMILES string of the molecule is CCOC(=O)c1c(N)cc2ccc(C#Cc3ccccc3)ccc1-2. The summed E-state index contributed by atoms with van der Waals surface area (Å²) < 4.78 is 5.09. The van der Waals surface area contributed by atoms with E-state index in [-0.39, 0.29) is 0 Å². The van der Waals surface area contributed by atoms with Gasteiger partial charge >= 0.3 is 5.97 Å². The van der Waals surface area contributed by atoms with Crippen molar-refractivity contribution < 1.29 is 9.53 Å². The molecular weight excluding hydrogens is 298 g/mol. The highest BCUT2D eigenvalue weighted by Crippen LogP contribution is 2.33. The molecule has 0 aromatic heterocycles. The average Bonchev–Trinajstić information content (AvgIpc) is 2.78. The molecule has 0 saturated carbocycles. The van der Waals surface area contributed by atoms with Crippen LogP contribution in [0.25, 0.3) is 11.1 Å². The van der Waals surface area contributed by atoms with E-state index in [1.54, 1.807) is 13.0 Å². The lowest BCUT2D eigenvalue weighted by atomic mass is 10.1. The Morgan fingerprint density at radius 1 is 1.00 bits per heavy atom. The minimum atomic E-state index is -0.395. The van der Waals surface area contributed by atoms with Gasteiger partial charge in [0.1, 0.15) is 0 Å². The molecule has 0 atom stereocenters. The Morgan fingerprint density at radius 3 is 2.38 bits per heavy atom. The Bertz CT molecular complexity index is 904. The normalized spacial score (nSPS) is 10.0. The molecule has 0 saturated heterocycles. The van der Waals surface area contributed by atoms with Gasteiger partial charge in [-0.3, -0.25) is 0 Å².